The average molecular weight is 392 g/mol. The Bertz CT molecular complexity index is 920. The van der Waals surface area contributed by atoms with Gasteiger partial charge in [-0.05, 0) is 41.1 Å². The Kier molecular flexibility index (Phi) is 4.45. The van der Waals surface area contributed by atoms with Gasteiger partial charge in [0.2, 0.25) is 0 Å². The number of pyridine rings is 1. The topological polar surface area (TPSA) is 58.8 Å². The van der Waals surface area contributed by atoms with Crippen molar-refractivity contribution in [1.29, 1.82) is 0 Å². The SMILES string of the molecule is Cc1nc2ccc(Br)cn2c1C(=O)N/N=C\c1ccccc1Cl. The van der Waals surface area contributed by atoms with Gasteiger partial charge in [0.15, 0.2) is 0 Å². The van der Waals surface area contributed by atoms with E-state index in [2.05, 4.69) is 31.4 Å². The second kappa shape index (κ2) is 6.52. The van der Waals surface area contributed by atoms with Crippen molar-refractivity contribution in [2.24, 2.45) is 5.10 Å². The molecule has 0 saturated heterocycles. The third kappa shape index (κ3) is 3.28. The van der Waals surface area contributed by atoms with Crippen LogP contribution in [-0.4, -0.2) is 21.5 Å². The number of hydrogen-bond donors (Lipinski definition) is 1. The molecule has 2 heterocycles. The molecule has 0 aliphatic heterocycles. The average Bonchev–Trinajstić information content (AvgIpc) is 2.84. The van der Waals surface area contributed by atoms with Crippen LogP contribution in [0.4, 0.5) is 0 Å². The lowest BCUT2D eigenvalue weighted by Gasteiger charge is -2.02. The quantitative estimate of drug-likeness (QED) is 0.545. The zero-order valence-electron chi connectivity index (χ0n) is 12.1. The molecule has 0 spiro atoms. The highest BCUT2D eigenvalue weighted by molar-refractivity contribution is 9.10. The Labute approximate surface area is 146 Å². The molecule has 7 heteroatoms. The molecule has 1 N–H and O–H groups in total. The number of aromatic nitrogens is 2. The summed E-state index contributed by atoms with van der Waals surface area (Å²) < 4.78 is 2.58. The summed E-state index contributed by atoms with van der Waals surface area (Å²) in [5.41, 5.74) is 5.01. The number of fused-ring (bicyclic) bond motifs is 1. The van der Waals surface area contributed by atoms with Crippen molar-refractivity contribution in [1.82, 2.24) is 14.8 Å². The zero-order valence-corrected chi connectivity index (χ0v) is 14.5. The number of aryl methyl sites for hydroxylation is 1. The van der Waals surface area contributed by atoms with Crippen LogP contribution in [-0.2, 0) is 0 Å². The lowest BCUT2D eigenvalue weighted by molar-refractivity contribution is 0.0948. The molecule has 0 radical (unpaired) electrons. The van der Waals surface area contributed by atoms with Crippen molar-refractivity contribution in [3.63, 3.8) is 0 Å². The number of carbonyl (C=O) groups excluding carboxylic acids is 1. The van der Waals surface area contributed by atoms with Crippen molar-refractivity contribution in [3.05, 3.63) is 69.0 Å². The fourth-order valence-electron chi connectivity index (χ4n) is 2.20. The number of nitrogens with zero attached hydrogens (tertiary/aromatic N) is 3. The molecule has 0 aliphatic carbocycles. The molecule has 0 atom stereocenters. The minimum atomic E-state index is -0.337. The van der Waals surface area contributed by atoms with Gasteiger partial charge < -0.3 is 0 Å². The second-order valence-electron chi connectivity index (χ2n) is 4.84. The van der Waals surface area contributed by atoms with Crippen molar-refractivity contribution in [2.75, 3.05) is 0 Å². The maximum atomic E-state index is 12.4. The first kappa shape index (κ1) is 15.7. The largest absolute Gasteiger partial charge is 0.294 e. The van der Waals surface area contributed by atoms with Crippen molar-refractivity contribution < 1.29 is 4.79 Å². The van der Waals surface area contributed by atoms with E-state index >= 15 is 0 Å². The number of halogens is 2. The van der Waals surface area contributed by atoms with Crippen LogP contribution in [0, 0.1) is 6.92 Å². The van der Waals surface area contributed by atoms with Crippen LogP contribution in [0.15, 0.2) is 52.2 Å². The first-order chi connectivity index (χ1) is 11.1. The molecule has 3 aromatic rings. The van der Waals surface area contributed by atoms with E-state index in [0.29, 0.717) is 22.1 Å². The summed E-state index contributed by atoms with van der Waals surface area (Å²) in [4.78, 5) is 16.8. The Hall–Kier alpha value is -2.18. The van der Waals surface area contributed by atoms with E-state index in [-0.39, 0.29) is 5.91 Å². The van der Waals surface area contributed by atoms with Gasteiger partial charge in [-0.1, -0.05) is 29.8 Å². The highest BCUT2D eigenvalue weighted by atomic mass is 79.9. The van der Waals surface area contributed by atoms with E-state index < -0.39 is 0 Å². The highest BCUT2D eigenvalue weighted by Gasteiger charge is 2.16. The molecule has 0 saturated carbocycles. The van der Waals surface area contributed by atoms with Gasteiger partial charge in [-0.15, -0.1) is 0 Å². The van der Waals surface area contributed by atoms with Crippen LogP contribution in [0.2, 0.25) is 5.02 Å². The molecule has 0 fully saturated rings. The van der Waals surface area contributed by atoms with Crippen LogP contribution in [0.1, 0.15) is 21.7 Å². The van der Waals surface area contributed by atoms with Gasteiger partial charge in [0.25, 0.3) is 5.91 Å². The van der Waals surface area contributed by atoms with E-state index in [1.54, 1.807) is 23.6 Å². The monoisotopic (exact) mass is 390 g/mol. The number of rotatable bonds is 3. The molecular weight excluding hydrogens is 380 g/mol. The first-order valence-electron chi connectivity index (χ1n) is 6.78. The maximum absolute atomic E-state index is 12.4. The number of hydrogen-bond acceptors (Lipinski definition) is 3. The molecule has 1 aromatic carbocycles. The van der Waals surface area contributed by atoms with Crippen molar-refractivity contribution in [3.8, 4) is 0 Å². The van der Waals surface area contributed by atoms with Crippen LogP contribution >= 0.6 is 27.5 Å². The summed E-state index contributed by atoms with van der Waals surface area (Å²) in [5.74, 6) is -0.337. The van der Waals surface area contributed by atoms with Gasteiger partial charge in [-0.3, -0.25) is 9.20 Å². The Morgan fingerprint density at radius 1 is 1.35 bits per heavy atom. The summed E-state index contributed by atoms with van der Waals surface area (Å²) in [6, 6.07) is 11.0. The minimum absolute atomic E-state index is 0.337. The van der Waals surface area contributed by atoms with Gasteiger partial charge in [0.05, 0.1) is 11.9 Å². The van der Waals surface area contributed by atoms with Gasteiger partial charge in [0, 0.05) is 21.3 Å². The smallest absolute Gasteiger partial charge is 0.290 e. The molecule has 116 valence electrons. The van der Waals surface area contributed by atoms with Crippen LogP contribution < -0.4 is 5.43 Å². The Morgan fingerprint density at radius 3 is 2.91 bits per heavy atom. The van der Waals surface area contributed by atoms with E-state index in [1.165, 1.54) is 6.21 Å². The lowest BCUT2D eigenvalue weighted by Crippen LogP contribution is -2.20. The first-order valence-corrected chi connectivity index (χ1v) is 7.95. The predicted octanol–water partition coefficient (Wildman–Crippen LogP) is 3.82. The summed E-state index contributed by atoms with van der Waals surface area (Å²) in [6.07, 6.45) is 3.30. The molecule has 0 bridgehead atoms. The number of nitrogens with one attached hydrogen (secondary N) is 1. The molecule has 0 unspecified atom stereocenters. The zero-order chi connectivity index (χ0) is 16.4. The minimum Gasteiger partial charge on any atom is -0.294 e. The van der Waals surface area contributed by atoms with Gasteiger partial charge >= 0.3 is 0 Å². The summed E-state index contributed by atoms with van der Waals surface area (Å²) in [5, 5.41) is 4.54. The van der Waals surface area contributed by atoms with Crippen molar-refractivity contribution in [2.45, 2.75) is 6.92 Å². The molecule has 2 aromatic heterocycles. The number of hydrazone groups is 1. The van der Waals surface area contributed by atoms with Gasteiger partial charge in [-0.2, -0.15) is 5.10 Å². The second-order valence-corrected chi connectivity index (χ2v) is 6.16. The molecule has 3 rings (SSSR count). The fraction of sp³-hybridized carbons (Fsp3) is 0.0625. The van der Waals surface area contributed by atoms with Gasteiger partial charge in [0.1, 0.15) is 11.3 Å². The lowest BCUT2D eigenvalue weighted by atomic mass is 10.2. The summed E-state index contributed by atoms with van der Waals surface area (Å²) in [7, 11) is 0. The van der Waals surface area contributed by atoms with Crippen LogP contribution in [0.25, 0.3) is 5.65 Å². The molecule has 5 nitrogen and oxygen atoms in total. The Balaban J connectivity index is 1.85. The molecule has 1 amide bonds. The summed E-state index contributed by atoms with van der Waals surface area (Å²) in [6.45, 7) is 1.79. The van der Waals surface area contributed by atoms with E-state index in [9.17, 15) is 4.79 Å². The Morgan fingerprint density at radius 2 is 2.13 bits per heavy atom. The third-order valence-electron chi connectivity index (χ3n) is 3.25. The molecule has 0 aliphatic rings. The summed E-state index contributed by atoms with van der Waals surface area (Å²) >= 11 is 9.43. The van der Waals surface area contributed by atoms with Gasteiger partial charge in [-0.25, -0.2) is 10.4 Å². The fourth-order valence-corrected chi connectivity index (χ4v) is 2.72. The van der Waals surface area contributed by atoms with E-state index in [0.717, 1.165) is 10.0 Å². The molecular formula is C16H12BrClN4O. The third-order valence-corrected chi connectivity index (χ3v) is 4.06. The molecule has 23 heavy (non-hydrogen) atoms. The maximum Gasteiger partial charge on any atom is 0.290 e. The highest BCUT2D eigenvalue weighted by Crippen LogP contribution is 2.17. The standard InChI is InChI=1S/C16H12BrClN4O/c1-10-15(22-9-12(17)6-7-14(22)20-10)16(23)21-19-8-11-4-2-3-5-13(11)18/h2-9H,1H3,(H,21,23)/b19-8-. The van der Waals surface area contributed by atoms with Crippen molar-refractivity contribution >= 4 is 45.3 Å². The van der Waals surface area contributed by atoms with E-state index in [1.807, 2.05) is 30.3 Å². The normalized spacial score (nSPS) is 11.3. The van der Waals surface area contributed by atoms with E-state index in [4.69, 9.17) is 11.6 Å². The number of amides is 1. The number of carbonyl (C=O) groups is 1. The number of imidazole rings is 1. The predicted molar refractivity (Wildman–Crippen MR) is 94.1 cm³/mol. The van der Waals surface area contributed by atoms with Crippen LogP contribution in [0.5, 0.6) is 0 Å². The van der Waals surface area contributed by atoms with Crippen LogP contribution in [0.3, 0.4) is 0 Å². The number of benzene rings is 1.